The average molecular weight is 284 g/mol. The Morgan fingerprint density at radius 3 is 2.20 bits per heavy atom. The average Bonchev–Trinajstić information content (AvgIpc) is 2.34. The van der Waals surface area contributed by atoms with Gasteiger partial charge in [0.15, 0.2) is 0 Å². The molecule has 0 bridgehead atoms. The predicted molar refractivity (Wildman–Crippen MR) is 71.6 cm³/mol. The van der Waals surface area contributed by atoms with Crippen LogP contribution in [0.1, 0.15) is 20.8 Å². The number of ether oxygens (including phenoxy) is 3. The van der Waals surface area contributed by atoms with Crippen LogP contribution in [0.25, 0.3) is 0 Å². The van der Waals surface area contributed by atoms with E-state index >= 15 is 0 Å². The standard InChI is InChI=1S/C14H20O6/c1-6-7-18-14(20-11(5)16)12(10(4)15)8-19-13(17)9(2)3/h6,12,14H,1-2,7-8H2,3-5H3. The van der Waals surface area contributed by atoms with E-state index in [-0.39, 0.29) is 24.6 Å². The van der Waals surface area contributed by atoms with E-state index in [2.05, 4.69) is 13.2 Å². The van der Waals surface area contributed by atoms with Gasteiger partial charge in [0.25, 0.3) is 0 Å². The summed E-state index contributed by atoms with van der Waals surface area (Å²) < 4.78 is 15.1. The van der Waals surface area contributed by atoms with Crippen LogP contribution >= 0.6 is 0 Å². The highest BCUT2D eigenvalue weighted by molar-refractivity contribution is 5.87. The third kappa shape index (κ3) is 6.84. The second-order valence-corrected chi connectivity index (χ2v) is 4.20. The highest BCUT2D eigenvalue weighted by atomic mass is 16.7. The van der Waals surface area contributed by atoms with Gasteiger partial charge in [-0.25, -0.2) is 4.79 Å². The van der Waals surface area contributed by atoms with Crippen molar-refractivity contribution in [3.8, 4) is 0 Å². The van der Waals surface area contributed by atoms with Crippen LogP contribution in [0, 0.1) is 5.92 Å². The fourth-order valence-electron chi connectivity index (χ4n) is 1.23. The molecule has 6 heteroatoms. The van der Waals surface area contributed by atoms with E-state index < -0.39 is 24.1 Å². The Labute approximate surface area is 118 Å². The quantitative estimate of drug-likeness (QED) is 0.275. The Morgan fingerprint density at radius 1 is 1.20 bits per heavy atom. The lowest BCUT2D eigenvalue weighted by molar-refractivity contribution is -0.191. The lowest BCUT2D eigenvalue weighted by Crippen LogP contribution is -2.37. The minimum absolute atomic E-state index is 0.0934. The van der Waals surface area contributed by atoms with Crippen molar-refractivity contribution in [2.45, 2.75) is 27.1 Å². The first-order valence-electron chi connectivity index (χ1n) is 6.02. The molecule has 0 heterocycles. The summed E-state index contributed by atoms with van der Waals surface area (Å²) in [7, 11) is 0. The Hall–Kier alpha value is -1.95. The summed E-state index contributed by atoms with van der Waals surface area (Å²) in [5.41, 5.74) is 0.211. The number of Topliss-reactive ketones (excluding diaryl/α,β-unsaturated/α-hetero) is 1. The van der Waals surface area contributed by atoms with Crippen molar-refractivity contribution in [2.75, 3.05) is 13.2 Å². The Kier molecular flexibility index (Phi) is 8.15. The molecule has 2 atom stereocenters. The zero-order valence-electron chi connectivity index (χ0n) is 12.0. The van der Waals surface area contributed by atoms with Crippen LogP contribution in [-0.4, -0.2) is 37.2 Å². The molecule has 0 aliphatic rings. The highest BCUT2D eigenvalue weighted by Crippen LogP contribution is 2.13. The molecule has 2 unspecified atom stereocenters. The molecule has 0 aromatic heterocycles. The molecule has 0 saturated carbocycles. The molecule has 0 saturated heterocycles. The van der Waals surface area contributed by atoms with Crippen LogP contribution < -0.4 is 0 Å². The molecule has 0 fully saturated rings. The zero-order chi connectivity index (χ0) is 15.7. The van der Waals surface area contributed by atoms with Crippen molar-refractivity contribution in [3.63, 3.8) is 0 Å². The van der Waals surface area contributed by atoms with Crippen molar-refractivity contribution >= 4 is 17.7 Å². The SMILES string of the molecule is C=CCOC(OC(C)=O)C(COC(=O)C(=C)C)C(C)=O. The molecular weight excluding hydrogens is 264 g/mol. The number of hydrogen-bond acceptors (Lipinski definition) is 6. The largest absolute Gasteiger partial charge is 0.461 e. The molecule has 0 N–H and O–H groups in total. The van der Waals surface area contributed by atoms with E-state index in [0.717, 1.165) is 0 Å². The zero-order valence-corrected chi connectivity index (χ0v) is 12.0. The summed E-state index contributed by atoms with van der Waals surface area (Å²) in [5.74, 6) is -2.45. The number of rotatable bonds is 9. The summed E-state index contributed by atoms with van der Waals surface area (Å²) in [6.07, 6.45) is 0.328. The lowest BCUT2D eigenvalue weighted by atomic mass is 10.1. The van der Waals surface area contributed by atoms with Gasteiger partial charge in [-0.2, -0.15) is 0 Å². The fraction of sp³-hybridized carbons (Fsp3) is 0.500. The van der Waals surface area contributed by atoms with E-state index in [1.165, 1.54) is 26.8 Å². The summed E-state index contributed by atoms with van der Waals surface area (Å²) in [5, 5.41) is 0. The van der Waals surface area contributed by atoms with E-state index in [1.54, 1.807) is 0 Å². The van der Waals surface area contributed by atoms with E-state index in [0.29, 0.717) is 0 Å². The van der Waals surface area contributed by atoms with Crippen LogP contribution in [0.5, 0.6) is 0 Å². The Balaban J connectivity index is 4.82. The number of hydrogen-bond donors (Lipinski definition) is 0. The molecule has 0 rings (SSSR count). The molecule has 0 aliphatic heterocycles. The molecule has 0 aliphatic carbocycles. The molecular formula is C14H20O6. The normalized spacial score (nSPS) is 12.9. The maximum absolute atomic E-state index is 11.6. The minimum Gasteiger partial charge on any atom is -0.461 e. The molecule has 0 radical (unpaired) electrons. The first-order valence-corrected chi connectivity index (χ1v) is 6.02. The third-order valence-electron chi connectivity index (χ3n) is 2.25. The number of esters is 2. The number of ketones is 1. The molecule has 20 heavy (non-hydrogen) atoms. The maximum atomic E-state index is 11.6. The van der Waals surface area contributed by atoms with Crippen molar-refractivity contribution in [2.24, 2.45) is 5.92 Å². The van der Waals surface area contributed by atoms with Gasteiger partial charge in [0.05, 0.1) is 6.61 Å². The molecule has 112 valence electrons. The van der Waals surface area contributed by atoms with Crippen LogP contribution in [0.2, 0.25) is 0 Å². The molecule has 0 aromatic rings. The van der Waals surface area contributed by atoms with E-state index in [4.69, 9.17) is 14.2 Å². The van der Waals surface area contributed by atoms with Crippen molar-refractivity contribution in [1.82, 2.24) is 0 Å². The predicted octanol–water partition coefficient (Wildman–Crippen LogP) is 1.40. The number of carbonyl (C=O) groups is 3. The number of carbonyl (C=O) groups excluding carboxylic acids is 3. The topological polar surface area (TPSA) is 78.9 Å². The van der Waals surface area contributed by atoms with Gasteiger partial charge in [-0.3, -0.25) is 9.59 Å². The Bertz CT molecular complexity index is 398. The summed E-state index contributed by atoms with van der Waals surface area (Å²) in [4.78, 5) is 34.0. The van der Waals surface area contributed by atoms with Gasteiger partial charge in [-0.05, 0) is 13.8 Å². The van der Waals surface area contributed by atoms with Gasteiger partial charge >= 0.3 is 11.9 Å². The molecule has 0 amide bonds. The first kappa shape index (κ1) is 18.0. The van der Waals surface area contributed by atoms with Crippen molar-refractivity contribution in [1.29, 1.82) is 0 Å². The second-order valence-electron chi connectivity index (χ2n) is 4.20. The smallest absolute Gasteiger partial charge is 0.333 e. The molecule has 6 nitrogen and oxygen atoms in total. The summed E-state index contributed by atoms with van der Waals surface area (Å²) in [6, 6.07) is 0. The fourth-order valence-corrected chi connectivity index (χ4v) is 1.23. The van der Waals surface area contributed by atoms with Crippen LogP contribution in [0.15, 0.2) is 24.8 Å². The highest BCUT2D eigenvalue weighted by Gasteiger charge is 2.30. The van der Waals surface area contributed by atoms with Crippen LogP contribution in [0.4, 0.5) is 0 Å². The first-order chi connectivity index (χ1) is 9.29. The van der Waals surface area contributed by atoms with Crippen LogP contribution in [0.3, 0.4) is 0 Å². The van der Waals surface area contributed by atoms with E-state index in [9.17, 15) is 14.4 Å². The lowest BCUT2D eigenvalue weighted by Gasteiger charge is -2.24. The second kappa shape index (κ2) is 9.03. The summed E-state index contributed by atoms with van der Waals surface area (Å²) >= 11 is 0. The van der Waals surface area contributed by atoms with Gasteiger partial charge in [0.2, 0.25) is 6.29 Å². The molecule has 0 spiro atoms. The third-order valence-corrected chi connectivity index (χ3v) is 2.25. The van der Waals surface area contributed by atoms with E-state index in [1.807, 2.05) is 0 Å². The summed E-state index contributed by atoms with van der Waals surface area (Å²) in [6.45, 7) is 10.7. The van der Waals surface area contributed by atoms with Gasteiger partial charge in [-0.1, -0.05) is 12.7 Å². The van der Waals surface area contributed by atoms with Gasteiger partial charge in [-0.15, -0.1) is 6.58 Å². The Morgan fingerprint density at radius 2 is 1.80 bits per heavy atom. The van der Waals surface area contributed by atoms with Crippen LogP contribution in [-0.2, 0) is 28.6 Å². The van der Waals surface area contributed by atoms with Gasteiger partial charge in [0.1, 0.15) is 18.3 Å². The van der Waals surface area contributed by atoms with Crippen molar-refractivity contribution < 1.29 is 28.6 Å². The van der Waals surface area contributed by atoms with Gasteiger partial charge < -0.3 is 14.2 Å². The molecule has 0 aromatic carbocycles. The minimum atomic E-state index is -1.12. The van der Waals surface area contributed by atoms with Gasteiger partial charge in [0, 0.05) is 12.5 Å². The maximum Gasteiger partial charge on any atom is 0.333 e. The monoisotopic (exact) mass is 284 g/mol. The van der Waals surface area contributed by atoms with Crippen molar-refractivity contribution in [3.05, 3.63) is 24.8 Å².